The van der Waals surface area contributed by atoms with Crippen molar-refractivity contribution in [2.75, 3.05) is 6.61 Å². The van der Waals surface area contributed by atoms with E-state index in [-0.39, 0.29) is 40.2 Å². The zero-order valence-corrected chi connectivity index (χ0v) is 16.0. The number of fused-ring (bicyclic) bond motifs is 5. The number of aliphatic hydroxyl groups excluding tert-OH is 1. The summed E-state index contributed by atoms with van der Waals surface area (Å²) in [5, 5.41) is 10.3. The van der Waals surface area contributed by atoms with E-state index in [2.05, 4.69) is 32.6 Å². The summed E-state index contributed by atoms with van der Waals surface area (Å²) in [6, 6.07) is 0. The second kappa shape index (κ2) is 5.82. The van der Waals surface area contributed by atoms with Crippen LogP contribution in [0.15, 0.2) is 23.8 Å². The summed E-state index contributed by atoms with van der Waals surface area (Å²) >= 11 is 4.19. The van der Waals surface area contributed by atoms with E-state index < -0.39 is 0 Å². The van der Waals surface area contributed by atoms with Crippen molar-refractivity contribution in [3.8, 4) is 0 Å². The van der Waals surface area contributed by atoms with E-state index in [9.17, 15) is 14.7 Å². The third kappa shape index (κ3) is 2.29. The minimum Gasteiger partial charge on any atom is -0.396 e. The Balaban J connectivity index is 1.72. The standard InChI is InChI=1S/C21H28O3S/c1-12-9-17-15-4-3-13-10-14(23)5-7-20(13,2)16(15)6-8-21(17,11-22)18(12)19(24)25/h5,7,10,12,15-18,22H,3-4,6,8-9,11H2,1-2H3,(H,24,25)/t12?,15-,16+,17+,18-,20+,21-/m1/s1. The summed E-state index contributed by atoms with van der Waals surface area (Å²) in [5.41, 5.74) is 0.960. The van der Waals surface area contributed by atoms with Crippen molar-refractivity contribution in [1.82, 2.24) is 0 Å². The van der Waals surface area contributed by atoms with Crippen LogP contribution in [0.5, 0.6) is 0 Å². The third-order valence-electron chi connectivity index (χ3n) is 8.19. The second-order valence-electron chi connectivity index (χ2n) is 9.06. The maximum Gasteiger partial charge on any atom is 0.189 e. The van der Waals surface area contributed by atoms with Crippen LogP contribution >= 0.6 is 12.6 Å². The molecular formula is C21H28O3S. The first kappa shape index (κ1) is 17.5. The van der Waals surface area contributed by atoms with Gasteiger partial charge in [0.2, 0.25) is 0 Å². The van der Waals surface area contributed by atoms with E-state index in [4.69, 9.17) is 0 Å². The summed E-state index contributed by atoms with van der Waals surface area (Å²) in [7, 11) is 0. The largest absolute Gasteiger partial charge is 0.396 e. The van der Waals surface area contributed by atoms with Crippen LogP contribution in [-0.2, 0) is 9.59 Å². The lowest BCUT2D eigenvalue weighted by molar-refractivity contribution is -0.126. The van der Waals surface area contributed by atoms with Crippen LogP contribution < -0.4 is 0 Å². The minimum atomic E-state index is -0.287. The molecule has 3 fully saturated rings. The van der Waals surface area contributed by atoms with E-state index in [0.29, 0.717) is 17.8 Å². The van der Waals surface area contributed by atoms with Gasteiger partial charge in [-0.1, -0.05) is 25.5 Å². The van der Waals surface area contributed by atoms with E-state index in [1.165, 1.54) is 5.57 Å². The molecule has 4 heteroatoms. The van der Waals surface area contributed by atoms with Crippen molar-refractivity contribution in [2.24, 2.45) is 40.4 Å². The van der Waals surface area contributed by atoms with Gasteiger partial charge in [0, 0.05) is 23.4 Å². The van der Waals surface area contributed by atoms with Crippen molar-refractivity contribution in [3.05, 3.63) is 23.8 Å². The highest BCUT2D eigenvalue weighted by molar-refractivity contribution is 7.96. The highest BCUT2D eigenvalue weighted by Crippen LogP contribution is 2.67. The Labute approximate surface area is 155 Å². The van der Waals surface area contributed by atoms with Crippen LogP contribution in [0.2, 0.25) is 0 Å². The van der Waals surface area contributed by atoms with Gasteiger partial charge in [0.25, 0.3) is 0 Å². The molecule has 3 nitrogen and oxygen atoms in total. The molecule has 0 radical (unpaired) electrons. The van der Waals surface area contributed by atoms with E-state index >= 15 is 0 Å². The SMILES string of the molecule is CC1C[C@H]2[C@@H]3CCC4=CC(=O)C=C[C@]4(C)[C@H]3CC[C@]2(CO)[C@H]1C(=O)S. The molecule has 4 aliphatic carbocycles. The summed E-state index contributed by atoms with van der Waals surface area (Å²) in [6.45, 7) is 4.53. The molecule has 1 N–H and O–H groups in total. The predicted molar refractivity (Wildman–Crippen MR) is 100 cm³/mol. The Morgan fingerprint density at radius 1 is 1.36 bits per heavy atom. The molecule has 136 valence electrons. The molecule has 7 atom stereocenters. The van der Waals surface area contributed by atoms with Gasteiger partial charge < -0.3 is 5.11 Å². The Kier molecular flexibility index (Phi) is 4.08. The van der Waals surface area contributed by atoms with E-state index in [1.54, 1.807) is 6.08 Å². The molecule has 4 rings (SSSR count). The maximum absolute atomic E-state index is 12.3. The number of rotatable bonds is 2. The lowest BCUT2D eigenvalue weighted by Gasteiger charge is -2.57. The van der Waals surface area contributed by atoms with E-state index in [1.807, 2.05) is 6.08 Å². The molecule has 3 saturated carbocycles. The molecule has 0 aliphatic heterocycles. The number of carbonyl (C=O) groups is 2. The summed E-state index contributed by atoms with van der Waals surface area (Å²) < 4.78 is 0. The van der Waals surface area contributed by atoms with Crippen molar-refractivity contribution in [3.63, 3.8) is 0 Å². The van der Waals surface area contributed by atoms with Gasteiger partial charge in [0.15, 0.2) is 10.9 Å². The summed E-state index contributed by atoms with van der Waals surface area (Å²) in [4.78, 5) is 24.1. The summed E-state index contributed by atoms with van der Waals surface area (Å²) in [5.74, 6) is 1.68. The zero-order chi connectivity index (χ0) is 18.0. The number of carbonyl (C=O) groups excluding carboxylic acids is 2. The lowest BCUT2D eigenvalue weighted by atomic mass is 9.47. The molecule has 4 aliphatic rings. The molecule has 0 saturated heterocycles. The Hall–Kier alpha value is -0.870. The number of hydrogen-bond acceptors (Lipinski definition) is 3. The number of hydrogen-bond donors (Lipinski definition) is 2. The average molecular weight is 361 g/mol. The van der Waals surface area contributed by atoms with Gasteiger partial charge in [-0.05, 0) is 67.9 Å². The first-order chi connectivity index (χ1) is 11.8. The fourth-order valence-electron chi connectivity index (χ4n) is 7.12. The predicted octanol–water partition coefficient (Wildman–Crippen LogP) is 3.59. The molecule has 0 aromatic rings. The topological polar surface area (TPSA) is 54.4 Å². The van der Waals surface area contributed by atoms with Gasteiger partial charge in [0.05, 0.1) is 0 Å². The Morgan fingerprint density at radius 3 is 2.80 bits per heavy atom. The fourth-order valence-corrected chi connectivity index (χ4v) is 7.63. The van der Waals surface area contributed by atoms with Gasteiger partial charge in [-0.25, -0.2) is 0 Å². The molecule has 0 aromatic carbocycles. The molecule has 0 aromatic heterocycles. The summed E-state index contributed by atoms with van der Waals surface area (Å²) in [6.07, 6.45) is 10.7. The molecule has 25 heavy (non-hydrogen) atoms. The van der Waals surface area contributed by atoms with Crippen LogP contribution in [0.25, 0.3) is 0 Å². The average Bonchev–Trinajstić information content (AvgIpc) is 2.88. The monoisotopic (exact) mass is 360 g/mol. The second-order valence-corrected chi connectivity index (χ2v) is 9.50. The van der Waals surface area contributed by atoms with Gasteiger partial charge in [-0.15, -0.1) is 12.6 Å². The zero-order valence-electron chi connectivity index (χ0n) is 15.1. The highest BCUT2D eigenvalue weighted by atomic mass is 32.1. The number of allylic oxidation sites excluding steroid dienone is 4. The minimum absolute atomic E-state index is 0.0370. The van der Waals surface area contributed by atoms with Crippen molar-refractivity contribution >= 4 is 23.5 Å². The number of ketones is 1. The molecule has 0 spiro atoms. The van der Waals surface area contributed by atoms with Crippen molar-refractivity contribution < 1.29 is 14.7 Å². The number of thiol groups is 1. The fraction of sp³-hybridized carbons (Fsp3) is 0.714. The molecule has 0 bridgehead atoms. The maximum atomic E-state index is 12.3. The Bertz CT molecular complexity index is 681. The van der Waals surface area contributed by atoms with Crippen LogP contribution in [-0.4, -0.2) is 22.6 Å². The van der Waals surface area contributed by atoms with Crippen molar-refractivity contribution in [2.45, 2.75) is 46.0 Å². The quantitative estimate of drug-likeness (QED) is 0.740. The van der Waals surface area contributed by atoms with Crippen LogP contribution in [0.1, 0.15) is 46.0 Å². The Morgan fingerprint density at radius 2 is 2.12 bits per heavy atom. The first-order valence-corrected chi connectivity index (χ1v) is 10.1. The molecule has 0 heterocycles. The van der Waals surface area contributed by atoms with Gasteiger partial charge >= 0.3 is 0 Å². The van der Waals surface area contributed by atoms with Gasteiger partial charge in [0.1, 0.15) is 0 Å². The molecular weight excluding hydrogens is 332 g/mol. The molecule has 0 amide bonds. The normalized spacial score (nSPS) is 48.4. The van der Waals surface area contributed by atoms with Crippen LogP contribution in [0.3, 0.4) is 0 Å². The number of aliphatic hydroxyl groups is 1. The molecule has 1 unspecified atom stereocenters. The van der Waals surface area contributed by atoms with E-state index in [0.717, 1.165) is 32.1 Å². The smallest absolute Gasteiger partial charge is 0.189 e. The lowest BCUT2D eigenvalue weighted by Crippen LogP contribution is -2.52. The van der Waals surface area contributed by atoms with Crippen LogP contribution in [0.4, 0.5) is 0 Å². The van der Waals surface area contributed by atoms with Gasteiger partial charge in [-0.2, -0.15) is 0 Å². The van der Waals surface area contributed by atoms with Crippen molar-refractivity contribution in [1.29, 1.82) is 0 Å². The van der Waals surface area contributed by atoms with Gasteiger partial charge in [-0.3, -0.25) is 9.59 Å². The third-order valence-corrected chi connectivity index (χ3v) is 8.47. The first-order valence-electron chi connectivity index (χ1n) is 9.61. The van der Waals surface area contributed by atoms with Crippen LogP contribution in [0, 0.1) is 40.4 Å². The highest BCUT2D eigenvalue weighted by Gasteiger charge is 2.63.